The number of alkyl halides is 1. The maximum Gasteiger partial charge on any atom is 0.244 e. The van der Waals surface area contributed by atoms with Gasteiger partial charge in [-0.25, -0.2) is 8.42 Å². The lowest BCUT2D eigenvalue weighted by Gasteiger charge is -2.23. The number of halogens is 1. The van der Waals surface area contributed by atoms with Crippen molar-refractivity contribution in [3.05, 3.63) is 18.0 Å². The molecule has 1 rings (SSSR count). The van der Waals surface area contributed by atoms with Gasteiger partial charge in [-0.05, 0) is 45.3 Å². The largest absolute Gasteiger partial charge is 0.346 e. The Morgan fingerprint density at radius 3 is 2.43 bits per heavy atom. The summed E-state index contributed by atoms with van der Waals surface area (Å²) in [7, 11) is -1.82. The minimum Gasteiger partial charge on any atom is -0.346 e. The standard InChI is InChI=1S/C14H25ClN2O2S2/c1-11(2)17-10-14(8-13(17)9-15)21(18,19)16(4)12(3)6-7-20-5/h8,10-12H,6-7,9H2,1-5H3. The zero-order valence-corrected chi connectivity index (χ0v) is 15.7. The molecule has 0 aromatic carbocycles. The number of aromatic nitrogens is 1. The first-order chi connectivity index (χ1) is 9.75. The van der Waals surface area contributed by atoms with E-state index in [0.717, 1.165) is 17.9 Å². The van der Waals surface area contributed by atoms with Crippen LogP contribution in [-0.4, -0.2) is 42.4 Å². The topological polar surface area (TPSA) is 42.3 Å². The van der Waals surface area contributed by atoms with Crippen LogP contribution in [0.25, 0.3) is 0 Å². The lowest BCUT2D eigenvalue weighted by molar-refractivity contribution is 0.382. The molecule has 1 aromatic rings. The maximum absolute atomic E-state index is 12.7. The third-order valence-electron chi connectivity index (χ3n) is 3.64. The summed E-state index contributed by atoms with van der Waals surface area (Å²) in [6.45, 7) is 5.96. The highest BCUT2D eigenvalue weighted by molar-refractivity contribution is 7.98. The second-order valence-corrected chi connectivity index (χ2v) is 8.70. The summed E-state index contributed by atoms with van der Waals surface area (Å²) in [5.74, 6) is 1.25. The first kappa shape index (κ1) is 18.9. The van der Waals surface area contributed by atoms with Crippen LogP contribution in [-0.2, 0) is 15.9 Å². The monoisotopic (exact) mass is 352 g/mol. The first-order valence-electron chi connectivity index (χ1n) is 6.99. The van der Waals surface area contributed by atoms with Crippen LogP contribution in [0.4, 0.5) is 0 Å². The van der Waals surface area contributed by atoms with Crippen LogP contribution in [0.15, 0.2) is 17.2 Å². The summed E-state index contributed by atoms with van der Waals surface area (Å²) in [4.78, 5) is 0.324. The highest BCUT2D eigenvalue weighted by Crippen LogP contribution is 2.24. The Balaban J connectivity index is 3.07. The molecule has 0 radical (unpaired) electrons. The fourth-order valence-corrected chi connectivity index (χ4v) is 4.33. The van der Waals surface area contributed by atoms with Gasteiger partial charge in [-0.2, -0.15) is 16.1 Å². The second-order valence-electron chi connectivity index (χ2n) is 5.45. The minimum atomic E-state index is -3.47. The van der Waals surface area contributed by atoms with Crippen LogP contribution in [0.5, 0.6) is 0 Å². The Hall–Kier alpha value is -0.170. The Kier molecular flexibility index (Phi) is 7.10. The van der Waals surface area contributed by atoms with Crippen molar-refractivity contribution in [3.8, 4) is 0 Å². The Bertz CT molecular complexity index is 555. The molecule has 0 spiro atoms. The van der Waals surface area contributed by atoms with Crippen molar-refractivity contribution in [3.63, 3.8) is 0 Å². The third kappa shape index (κ3) is 4.41. The molecule has 0 amide bonds. The van der Waals surface area contributed by atoms with Crippen molar-refractivity contribution in [2.24, 2.45) is 0 Å². The predicted octanol–water partition coefficient (Wildman–Crippen LogP) is 3.57. The van der Waals surface area contributed by atoms with E-state index in [9.17, 15) is 8.42 Å². The molecule has 4 nitrogen and oxygen atoms in total. The quantitative estimate of drug-likeness (QED) is 0.672. The highest BCUT2D eigenvalue weighted by atomic mass is 35.5. The van der Waals surface area contributed by atoms with Gasteiger partial charge in [0.1, 0.15) is 4.90 Å². The second kappa shape index (κ2) is 7.90. The van der Waals surface area contributed by atoms with Crippen molar-refractivity contribution in [2.75, 3.05) is 19.1 Å². The molecule has 0 saturated carbocycles. The molecular formula is C14H25ClN2O2S2. The molecule has 1 unspecified atom stereocenters. The Morgan fingerprint density at radius 1 is 1.38 bits per heavy atom. The summed E-state index contributed by atoms with van der Waals surface area (Å²) in [5.41, 5.74) is 0.829. The Morgan fingerprint density at radius 2 is 2.00 bits per heavy atom. The predicted molar refractivity (Wildman–Crippen MR) is 91.8 cm³/mol. The van der Waals surface area contributed by atoms with Gasteiger partial charge in [0, 0.05) is 31.0 Å². The van der Waals surface area contributed by atoms with Gasteiger partial charge in [-0.3, -0.25) is 0 Å². The number of nitrogens with zero attached hydrogens (tertiary/aromatic N) is 2. The molecule has 0 aliphatic rings. The van der Waals surface area contributed by atoms with E-state index >= 15 is 0 Å². The molecule has 1 atom stereocenters. The molecule has 7 heteroatoms. The summed E-state index contributed by atoms with van der Waals surface area (Å²) < 4.78 is 28.8. The normalized spacial score (nSPS) is 14.1. The zero-order valence-electron chi connectivity index (χ0n) is 13.3. The minimum absolute atomic E-state index is 0.0238. The van der Waals surface area contributed by atoms with E-state index in [4.69, 9.17) is 11.6 Å². The molecule has 122 valence electrons. The fourth-order valence-electron chi connectivity index (χ4n) is 2.10. The van der Waals surface area contributed by atoms with Crippen LogP contribution >= 0.6 is 23.4 Å². The van der Waals surface area contributed by atoms with Crippen LogP contribution in [0.1, 0.15) is 38.9 Å². The van der Waals surface area contributed by atoms with Crippen LogP contribution in [0.2, 0.25) is 0 Å². The number of thioether (sulfide) groups is 1. The molecule has 0 bridgehead atoms. The van der Waals surface area contributed by atoms with Gasteiger partial charge < -0.3 is 4.57 Å². The van der Waals surface area contributed by atoms with Gasteiger partial charge >= 0.3 is 0 Å². The number of sulfonamides is 1. The lowest BCUT2D eigenvalue weighted by atomic mass is 10.3. The molecule has 0 aliphatic heterocycles. The van der Waals surface area contributed by atoms with Crippen molar-refractivity contribution >= 4 is 33.4 Å². The molecule has 0 aliphatic carbocycles. The van der Waals surface area contributed by atoms with Crippen LogP contribution in [0.3, 0.4) is 0 Å². The number of rotatable bonds is 8. The van der Waals surface area contributed by atoms with E-state index in [1.165, 1.54) is 4.31 Å². The van der Waals surface area contributed by atoms with E-state index < -0.39 is 10.0 Å². The fraction of sp³-hybridized carbons (Fsp3) is 0.714. The number of hydrogen-bond donors (Lipinski definition) is 0. The van der Waals surface area contributed by atoms with E-state index in [1.54, 1.807) is 31.1 Å². The molecule has 1 aromatic heterocycles. The zero-order chi connectivity index (χ0) is 16.2. The molecule has 0 saturated heterocycles. The van der Waals surface area contributed by atoms with Gasteiger partial charge in [0.2, 0.25) is 10.0 Å². The van der Waals surface area contributed by atoms with Crippen molar-refractivity contribution in [1.82, 2.24) is 8.87 Å². The van der Waals surface area contributed by atoms with E-state index in [1.807, 2.05) is 31.6 Å². The van der Waals surface area contributed by atoms with Crippen LogP contribution < -0.4 is 0 Å². The van der Waals surface area contributed by atoms with E-state index in [-0.39, 0.29) is 12.1 Å². The maximum atomic E-state index is 12.7. The lowest BCUT2D eigenvalue weighted by Crippen LogP contribution is -2.35. The SMILES string of the molecule is CSCCC(C)N(C)S(=O)(=O)c1cc(CCl)n(C(C)C)c1. The first-order valence-corrected chi connectivity index (χ1v) is 10.4. The van der Waals surface area contributed by atoms with Gasteiger partial charge in [0.25, 0.3) is 0 Å². The Labute approximate surface area is 137 Å². The molecule has 0 N–H and O–H groups in total. The number of hydrogen-bond acceptors (Lipinski definition) is 3. The van der Waals surface area contributed by atoms with Crippen LogP contribution in [0, 0.1) is 0 Å². The molecule has 21 heavy (non-hydrogen) atoms. The van der Waals surface area contributed by atoms with E-state index in [2.05, 4.69) is 0 Å². The molecule has 0 fully saturated rings. The summed E-state index contributed by atoms with van der Waals surface area (Å²) in [6.07, 6.45) is 4.55. The summed E-state index contributed by atoms with van der Waals surface area (Å²) in [5, 5.41) is 0. The van der Waals surface area contributed by atoms with Gasteiger partial charge in [0.05, 0.1) is 5.88 Å². The smallest absolute Gasteiger partial charge is 0.244 e. The summed E-state index contributed by atoms with van der Waals surface area (Å²) in [6, 6.07) is 1.84. The molecule has 1 heterocycles. The average Bonchev–Trinajstić information content (AvgIpc) is 2.88. The van der Waals surface area contributed by atoms with Gasteiger partial charge in [-0.15, -0.1) is 11.6 Å². The summed E-state index contributed by atoms with van der Waals surface area (Å²) >= 11 is 7.64. The van der Waals surface area contributed by atoms with Gasteiger partial charge in [0.15, 0.2) is 0 Å². The van der Waals surface area contributed by atoms with Crippen molar-refractivity contribution < 1.29 is 8.42 Å². The van der Waals surface area contributed by atoms with Crippen molar-refractivity contribution in [1.29, 1.82) is 0 Å². The van der Waals surface area contributed by atoms with Gasteiger partial charge in [-0.1, -0.05) is 0 Å². The molecular weight excluding hydrogens is 328 g/mol. The highest BCUT2D eigenvalue weighted by Gasteiger charge is 2.27. The van der Waals surface area contributed by atoms with E-state index in [0.29, 0.717) is 10.8 Å². The third-order valence-corrected chi connectivity index (χ3v) is 6.49. The average molecular weight is 353 g/mol. The van der Waals surface area contributed by atoms with Crippen molar-refractivity contribution in [2.45, 2.75) is 50.1 Å².